The van der Waals surface area contributed by atoms with Gasteiger partial charge in [-0.3, -0.25) is 10.1 Å². The molecule has 17 heavy (non-hydrogen) atoms. The molecule has 90 valence electrons. The van der Waals surface area contributed by atoms with Crippen LogP contribution < -0.4 is 5.32 Å². The van der Waals surface area contributed by atoms with Gasteiger partial charge in [-0.1, -0.05) is 17.8 Å². The highest BCUT2D eigenvalue weighted by Crippen LogP contribution is 2.27. The zero-order valence-electron chi connectivity index (χ0n) is 9.26. The van der Waals surface area contributed by atoms with E-state index in [0.717, 1.165) is 24.1 Å². The van der Waals surface area contributed by atoms with Crippen molar-refractivity contribution in [3.8, 4) is 6.07 Å². The maximum Gasteiger partial charge on any atom is 0.324 e. The van der Waals surface area contributed by atoms with E-state index in [2.05, 4.69) is 11.4 Å². The number of nitriles is 1. The summed E-state index contributed by atoms with van der Waals surface area (Å²) in [6, 6.07) is 5.84. The number of thiophene rings is 1. The van der Waals surface area contributed by atoms with E-state index in [0.29, 0.717) is 6.54 Å². The van der Waals surface area contributed by atoms with Crippen LogP contribution in [0, 0.1) is 27.4 Å². The minimum absolute atomic E-state index is 0.0879. The first kappa shape index (κ1) is 12.0. The third-order valence-electron chi connectivity index (χ3n) is 3.05. The van der Waals surface area contributed by atoms with Crippen molar-refractivity contribution in [2.24, 2.45) is 5.92 Å². The molecule has 5 nitrogen and oxygen atoms in total. The lowest BCUT2D eigenvalue weighted by Gasteiger charge is -2.14. The fourth-order valence-corrected chi connectivity index (χ4v) is 2.92. The number of hydrogen-bond acceptors (Lipinski definition) is 5. The summed E-state index contributed by atoms with van der Waals surface area (Å²) in [5.41, 5.74) is 0. The number of nitrogens with one attached hydrogen (secondary N) is 1. The van der Waals surface area contributed by atoms with Gasteiger partial charge in [-0.15, -0.1) is 0 Å². The van der Waals surface area contributed by atoms with Crippen molar-refractivity contribution in [3.63, 3.8) is 0 Å². The maximum absolute atomic E-state index is 10.5. The highest BCUT2D eigenvalue weighted by molar-refractivity contribution is 7.15. The quantitative estimate of drug-likeness (QED) is 0.658. The van der Waals surface area contributed by atoms with Gasteiger partial charge >= 0.3 is 5.00 Å². The summed E-state index contributed by atoms with van der Waals surface area (Å²) in [6.07, 6.45) is 3.06. The third kappa shape index (κ3) is 2.81. The van der Waals surface area contributed by atoms with Crippen LogP contribution in [0.5, 0.6) is 0 Å². The van der Waals surface area contributed by atoms with E-state index in [4.69, 9.17) is 5.26 Å². The molecule has 1 saturated carbocycles. The van der Waals surface area contributed by atoms with Crippen LogP contribution in [0.25, 0.3) is 0 Å². The monoisotopic (exact) mass is 251 g/mol. The number of nitro groups is 1. The molecule has 1 N–H and O–H groups in total. The topological polar surface area (TPSA) is 79.0 Å². The van der Waals surface area contributed by atoms with Crippen LogP contribution >= 0.6 is 11.3 Å². The minimum Gasteiger partial charge on any atom is -0.308 e. The molecule has 1 aliphatic carbocycles. The molecule has 1 aliphatic rings. The summed E-state index contributed by atoms with van der Waals surface area (Å²) in [5.74, 6) is 0.0879. The Hall–Kier alpha value is -1.45. The Labute approximate surface area is 103 Å². The molecule has 0 radical (unpaired) electrons. The summed E-state index contributed by atoms with van der Waals surface area (Å²) in [7, 11) is 0. The van der Waals surface area contributed by atoms with Crippen molar-refractivity contribution in [1.82, 2.24) is 5.32 Å². The lowest BCUT2D eigenvalue weighted by molar-refractivity contribution is -0.380. The average Bonchev–Trinajstić information content (AvgIpc) is 2.95. The van der Waals surface area contributed by atoms with Gasteiger partial charge in [-0.2, -0.15) is 5.26 Å². The summed E-state index contributed by atoms with van der Waals surface area (Å²) < 4.78 is 0. The van der Waals surface area contributed by atoms with Crippen LogP contribution in [-0.4, -0.2) is 11.0 Å². The Morgan fingerprint density at radius 1 is 1.59 bits per heavy atom. The Kier molecular flexibility index (Phi) is 3.71. The molecular formula is C11H13N3O2S. The van der Waals surface area contributed by atoms with E-state index in [1.54, 1.807) is 6.07 Å². The molecule has 2 atom stereocenters. The molecule has 0 aromatic carbocycles. The Bertz CT molecular complexity index is 452. The van der Waals surface area contributed by atoms with Gasteiger partial charge in [0, 0.05) is 23.5 Å². The molecule has 2 unspecified atom stereocenters. The van der Waals surface area contributed by atoms with Gasteiger partial charge < -0.3 is 5.32 Å². The number of nitrogens with zero attached hydrogens (tertiary/aromatic N) is 2. The van der Waals surface area contributed by atoms with Crippen LogP contribution in [0.1, 0.15) is 24.1 Å². The number of hydrogen-bond donors (Lipinski definition) is 1. The summed E-state index contributed by atoms with van der Waals surface area (Å²) >= 11 is 1.19. The van der Waals surface area contributed by atoms with Gasteiger partial charge in [0.2, 0.25) is 0 Å². The largest absolute Gasteiger partial charge is 0.324 e. The van der Waals surface area contributed by atoms with E-state index < -0.39 is 0 Å². The lowest BCUT2D eigenvalue weighted by atomic mass is 10.1. The zero-order chi connectivity index (χ0) is 12.3. The molecule has 0 saturated heterocycles. The Morgan fingerprint density at radius 3 is 3.06 bits per heavy atom. The predicted molar refractivity (Wildman–Crippen MR) is 64.6 cm³/mol. The summed E-state index contributed by atoms with van der Waals surface area (Å²) in [6.45, 7) is 0.612. The molecule has 0 amide bonds. The second-order valence-electron chi connectivity index (χ2n) is 4.15. The number of rotatable bonds is 4. The minimum atomic E-state index is -0.373. The first-order valence-electron chi connectivity index (χ1n) is 5.57. The van der Waals surface area contributed by atoms with Crippen LogP contribution in [0.4, 0.5) is 5.00 Å². The molecular weight excluding hydrogens is 238 g/mol. The Balaban J connectivity index is 1.89. The molecule has 1 aromatic rings. The highest BCUT2D eigenvalue weighted by atomic mass is 32.1. The van der Waals surface area contributed by atoms with Gasteiger partial charge in [0.15, 0.2) is 0 Å². The van der Waals surface area contributed by atoms with Crippen molar-refractivity contribution in [2.45, 2.75) is 31.8 Å². The second kappa shape index (κ2) is 5.25. The van der Waals surface area contributed by atoms with Crippen LogP contribution in [-0.2, 0) is 6.54 Å². The normalized spacial score (nSPS) is 23.5. The van der Waals surface area contributed by atoms with Crippen molar-refractivity contribution in [1.29, 1.82) is 5.26 Å². The highest BCUT2D eigenvalue weighted by Gasteiger charge is 2.26. The zero-order valence-corrected chi connectivity index (χ0v) is 10.1. The van der Waals surface area contributed by atoms with E-state index in [1.807, 2.05) is 0 Å². The van der Waals surface area contributed by atoms with Crippen LogP contribution in [0.3, 0.4) is 0 Å². The standard InChI is InChI=1S/C11H13N3O2S/c12-6-8-2-1-3-10(8)13-7-9-4-5-11(17-9)14(15)16/h4-5,8,10,13H,1-3,7H2. The summed E-state index contributed by atoms with van der Waals surface area (Å²) in [5, 5.41) is 22.9. The smallest absolute Gasteiger partial charge is 0.308 e. The van der Waals surface area contributed by atoms with Crippen molar-refractivity contribution in [3.05, 3.63) is 27.1 Å². The van der Waals surface area contributed by atoms with E-state index in [-0.39, 0.29) is 21.9 Å². The fraction of sp³-hybridized carbons (Fsp3) is 0.545. The van der Waals surface area contributed by atoms with Crippen LogP contribution in [0.2, 0.25) is 0 Å². The third-order valence-corrected chi connectivity index (χ3v) is 4.08. The average molecular weight is 251 g/mol. The molecule has 0 spiro atoms. The van der Waals surface area contributed by atoms with Crippen LogP contribution in [0.15, 0.2) is 12.1 Å². The first-order valence-corrected chi connectivity index (χ1v) is 6.38. The lowest BCUT2D eigenvalue weighted by Crippen LogP contribution is -2.30. The van der Waals surface area contributed by atoms with E-state index in [1.165, 1.54) is 17.4 Å². The molecule has 2 rings (SSSR count). The molecule has 0 bridgehead atoms. The van der Waals surface area contributed by atoms with E-state index >= 15 is 0 Å². The molecule has 1 aromatic heterocycles. The SMILES string of the molecule is N#CC1CCCC1NCc1ccc([N+](=O)[O-])s1. The van der Waals surface area contributed by atoms with E-state index in [9.17, 15) is 10.1 Å². The Morgan fingerprint density at radius 2 is 2.41 bits per heavy atom. The maximum atomic E-state index is 10.5. The van der Waals surface area contributed by atoms with Gasteiger partial charge in [0.1, 0.15) is 0 Å². The molecule has 0 aliphatic heterocycles. The second-order valence-corrected chi connectivity index (χ2v) is 5.30. The first-order chi connectivity index (χ1) is 8.20. The fourth-order valence-electron chi connectivity index (χ4n) is 2.15. The van der Waals surface area contributed by atoms with Gasteiger partial charge in [0.05, 0.1) is 16.9 Å². The van der Waals surface area contributed by atoms with Crippen molar-refractivity contribution >= 4 is 16.3 Å². The van der Waals surface area contributed by atoms with Crippen molar-refractivity contribution in [2.75, 3.05) is 0 Å². The predicted octanol–water partition coefficient (Wildman–Crippen LogP) is 2.44. The van der Waals surface area contributed by atoms with Gasteiger partial charge in [0.25, 0.3) is 0 Å². The van der Waals surface area contributed by atoms with Crippen molar-refractivity contribution < 1.29 is 4.92 Å². The summed E-state index contributed by atoms with van der Waals surface area (Å²) in [4.78, 5) is 11.1. The van der Waals surface area contributed by atoms with Gasteiger partial charge in [-0.25, -0.2) is 0 Å². The molecule has 1 fully saturated rings. The molecule has 6 heteroatoms. The van der Waals surface area contributed by atoms with Gasteiger partial charge in [-0.05, 0) is 18.9 Å². The molecule has 1 heterocycles.